The number of hydrogen-bond acceptors (Lipinski definition) is 6. The molecule has 0 bridgehead atoms. The summed E-state index contributed by atoms with van der Waals surface area (Å²) in [5.74, 6) is 1.84. The largest absolute Gasteiger partial charge is 0.497 e. The highest BCUT2D eigenvalue weighted by atomic mass is 32.2. The molecule has 1 aromatic carbocycles. The fourth-order valence-electron chi connectivity index (χ4n) is 2.32. The summed E-state index contributed by atoms with van der Waals surface area (Å²) in [6.07, 6.45) is 2.69. The van der Waals surface area contributed by atoms with Gasteiger partial charge in [-0.05, 0) is 36.6 Å². The number of carbonyl (C=O) groups excluding carboxylic acids is 1. The van der Waals surface area contributed by atoms with Crippen LogP contribution in [0, 0.1) is 0 Å². The number of hydrogen-bond donors (Lipinski definition) is 3. The zero-order chi connectivity index (χ0) is 18.2. The van der Waals surface area contributed by atoms with Crippen molar-refractivity contribution in [3.8, 4) is 22.8 Å². The summed E-state index contributed by atoms with van der Waals surface area (Å²) >= 11 is 1.67. The van der Waals surface area contributed by atoms with Crippen molar-refractivity contribution in [2.75, 3.05) is 32.8 Å². The van der Waals surface area contributed by atoms with Gasteiger partial charge in [-0.3, -0.25) is 9.89 Å². The van der Waals surface area contributed by atoms with Crippen LogP contribution in [-0.4, -0.2) is 60.1 Å². The van der Waals surface area contributed by atoms with Crippen molar-refractivity contribution < 1.29 is 19.4 Å². The van der Waals surface area contributed by atoms with E-state index in [9.17, 15) is 9.90 Å². The Kier molecular flexibility index (Phi) is 7.15. The Morgan fingerprint density at radius 3 is 2.80 bits per heavy atom. The maximum absolute atomic E-state index is 12.3. The molecule has 0 aliphatic heterocycles. The van der Waals surface area contributed by atoms with Gasteiger partial charge in [-0.1, -0.05) is 0 Å². The monoisotopic (exact) mass is 365 g/mol. The Morgan fingerprint density at radius 2 is 2.16 bits per heavy atom. The number of benzene rings is 1. The van der Waals surface area contributed by atoms with Crippen LogP contribution >= 0.6 is 11.8 Å². The summed E-state index contributed by atoms with van der Waals surface area (Å²) in [5, 5.41) is 19.1. The van der Waals surface area contributed by atoms with Gasteiger partial charge in [0.2, 0.25) is 0 Å². The molecule has 1 aromatic heterocycles. The first-order valence-electron chi connectivity index (χ1n) is 7.81. The molecule has 2 aromatic rings. The summed E-state index contributed by atoms with van der Waals surface area (Å²) < 4.78 is 10.5. The van der Waals surface area contributed by atoms with Gasteiger partial charge in [-0.25, -0.2) is 0 Å². The van der Waals surface area contributed by atoms with Crippen LogP contribution in [0.15, 0.2) is 24.3 Å². The molecule has 2 rings (SSSR count). The van der Waals surface area contributed by atoms with Crippen molar-refractivity contribution in [2.45, 2.75) is 12.5 Å². The van der Waals surface area contributed by atoms with E-state index in [2.05, 4.69) is 15.5 Å². The average molecular weight is 365 g/mol. The molecule has 8 heteroatoms. The third-order valence-electron chi connectivity index (χ3n) is 3.73. The van der Waals surface area contributed by atoms with Crippen LogP contribution in [0.1, 0.15) is 16.9 Å². The van der Waals surface area contributed by atoms with Crippen LogP contribution in [0.25, 0.3) is 11.3 Å². The van der Waals surface area contributed by atoms with Crippen molar-refractivity contribution in [1.29, 1.82) is 0 Å². The van der Waals surface area contributed by atoms with Crippen molar-refractivity contribution in [3.05, 3.63) is 30.0 Å². The van der Waals surface area contributed by atoms with E-state index in [0.29, 0.717) is 29.3 Å². The molecule has 136 valence electrons. The third kappa shape index (κ3) is 4.90. The van der Waals surface area contributed by atoms with Crippen molar-refractivity contribution >= 4 is 17.7 Å². The summed E-state index contributed by atoms with van der Waals surface area (Å²) in [7, 11) is 3.15. The van der Waals surface area contributed by atoms with E-state index in [-0.39, 0.29) is 18.6 Å². The van der Waals surface area contributed by atoms with Crippen LogP contribution in [0.2, 0.25) is 0 Å². The standard InChI is InChI=1S/C17H23N3O4S/c1-23-12-4-5-13(16(8-12)24-2)14-9-15(20-19-14)17(22)18-11(10-21)6-7-25-3/h4-5,8-9,11,21H,6-7,10H2,1-3H3,(H,18,22)(H,19,20)/t11-/m1/s1. The number of H-pyrrole nitrogens is 1. The predicted molar refractivity (Wildman–Crippen MR) is 98.5 cm³/mol. The van der Waals surface area contributed by atoms with Crippen molar-refractivity contribution in [3.63, 3.8) is 0 Å². The minimum Gasteiger partial charge on any atom is -0.497 e. The second kappa shape index (κ2) is 9.33. The molecule has 0 aliphatic rings. The average Bonchev–Trinajstić information content (AvgIpc) is 3.14. The summed E-state index contributed by atoms with van der Waals surface area (Å²) in [6.45, 7) is -0.0976. The van der Waals surface area contributed by atoms with Crippen LogP contribution in [0.4, 0.5) is 0 Å². The molecule has 0 unspecified atom stereocenters. The molecule has 0 saturated carbocycles. The maximum Gasteiger partial charge on any atom is 0.269 e. The quantitative estimate of drug-likeness (QED) is 0.628. The SMILES string of the molecule is COc1ccc(-c2cc(C(=O)N[C@@H](CO)CCSC)[nH]n2)c(OC)c1. The first-order chi connectivity index (χ1) is 12.1. The lowest BCUT2D eigenvalue weighted by Gasteiger charge is -2.14. The zero-order valence-corrected chi connectivity index (χ0v) is 15.4. The number of aliphatic hydroxyl groups excluding tert-OH is 1. The summed E-state index contributed by atoms with van der Waals surface area (Å²) in [6, 6.07) is 6.76. The third-order valence-corrected chi connectivity index (χ3v) is 4.38. The minimum absolute atomic E-state index is 0.0976. The van der Waals surface area contributed by atoms with Crippen LogP contribution in [-0.2, 0) is 0 Å². The molecule has 0 fully saturated rings. The van der Waals surface area contributed by atoms with Gasteiger partial charge in [0.1, 0.15) is 17.2 Å². The fraction of sp³-hybridized carbons (Fsp3) is 0.412. The second-order valence-corrected chi connectivity index (χ2v) is 6.35. The number of aromatic nitrogens is 2. The summed E-state index contributed by atoms with van der Waals surface area (Å²) in [5.41, 5.74) is 1.67. The number of amides is 1. The topological polar surface area (TPSA) is 96.5 Å². The van der Waals surface area contributed by atoms with Gasteiger partial charge < -0.3 is 19.9 Å². The van der Waals surface area contributed by atoms with Crippen molar-refractivity contribution in [1.82, 2.24) is 15.5 Å². The molecule has 0 spiro atoms. The molecular weight excluding hydrogens is 342 g/mol. The number of carbonyl (C=O) groups is 1. The molecule has 7 nitrogen and oxygen atoms in total. The van der Waals surface area contributed by atoms with E-state index in [1.807, 2.05) is 12.3 Å². The van der Waals surface area contributed by atoms with E-state index >= 15 is 0 Å². The number of aromatic amines is 1. The smallest absolute Gasteiger partial charge is 0.269 e. The highest BCUT2D eigenvalue weighted by molar-refractivity contribution is 7.98. The Bertz CT molecular complexity index is 705. The van der Waals surface area contributed by atoms with Gasteiger partial charge in [0.25, 0.3) is 5.91 Å². The number of nitrogens with zero attached hydrogens (tertiary/aromatic N) is 1. The first kappa shape index (κ1) is 19.1. The van der Waals surface area contributed by atoms with Gasteiger partial charge in [-0.2, -0.15) is 16.9 Å². The normalized spacial score (nSPS) is 11.8. The lowest BCUT2D eigenvalue weighted by molar-refractivity contribution is 0.0910. The highest BCUT2D eigenvalue weighted by Gasteiger charge is 2.17. The molecule has 1 atom stereocenters. The summed E-state index contributed by atoms with van der Waals surface area (Å²) in [4.78, 5) is 12.3. The first-order valence-corrected chi connectivity index (χ1v) is 9.20. The Labute approximate surface area is 151 Å². The molecule has 0 aliphatic carbocycles. The van der Waals surface area contributed by atoms with E-state index < -0.39 is 0 Å². The van der Waals surface area contributed by atoms with Gasteiger partial charge in [0, 0.05) is 11.6 Å². The fourth-order valence-corrected chi connectivity index (χ4v) is 2.84. The Morgan fingerprint density at radius 1 is 1.36 bits per heavy atom. The van der Waals surface area contributed by atoms with Crippen LogP contribution in [0.3, 0.4) is 0 Å². The molecular formula is C17H23N3O4S. The number of ether oxygens (including phenoxy) is 2. The van der Waals surface area contributed by atoms with E-state index in [4.69, 9.17) is 9.47 Å². The maximum atomic E-state index is 12.3. The minimum atomic E-state index is -0.300. The van der Waals surface area contributed by atoms with E-state index in [1.54, 1.807) is 44.2 Å². The number of nitrogens with one attached hydrogen (secondary N) is 2. The van der Waals surface area contributed by atoms with Gasteiger partial charge in [0.15, 0.2) is 0 Å². The predicted octanol–water partition coefficient (Wildman–Crippen LogP) is 1.94. The molecule has 0 radical (unpaired) electrons. The van der Waals surface area contributed by atoms with E-state index in [1.165, 1.54) is 0 Å². The molecule has 1 heterocycles. The molecule has 3 N–H and O–H groups in total. The van der Waals surface area contributed by atoms with Crippen LogP contribution in [0.5, 0.6) is 11.5 Å². The van der Waals surface area contributed by atoms with Crippen LogP contribution < -0.4 is 14.8 Å². The lowest BCUT2D eigenvalue weighted by Crippen LogP contribution is -2.38. The highest BCUT2D eigenvalue weighted by Crippen LogP contribution is 2.32. The number of thioether (sulfide) groups is 1. The number of rotatable bonds is 9. The lowest BCUT2D eigenvalue weighted by atomic mass is 10.1. The molecule has 25 heavy (non-hydrogen) atoms. The molecule has 1 amide bonds. The van der Waals surface area contributed by atoms with Crippen molar-refractivity contribution in [2.24, 2.45) is 0 Å². The van der Waals surface area contributed by atoms with Gasteiger partial charge in [0.05, 0.1) is 32.6 Å². The molecule has 0 saturated heterocycles. The van der Waals surface area contributed by atoms with E-state index in [0.717, 1.165) is 11.3 Å². The number of aliphatic hydroxyl groups is 1. The Balaban J connectivity index is 2.15. The number of methoxy groups -OCH3 is 2. The zero-order valence-electron chi connectivity index (χ0n) is 14.5. The van der Waals surface area contributed by atoms with Gasteiger partial charge in [-0.15, -0.1) is 0 Å². The van der Waals surface area contributed by atoms with Gasteiger partial charge >= 0.3 is 0 Å². The second-order valence-electron chi connectivity index (χ2n) is 5.37. The Hall–Kier alpha value is -2.19.